The summed E-state index contributed by atoms with van der Waals surface area (Å²) in [5.41, 5.74) is 0.928. The predicted molar refractivity (Wildman–Crippen MR) is 103 cm³/mol. The normalized spacial score (nSPS) is 32.4. The topological polar surface area (TPSA) is 22.1 Å². The van der Waals surface area contributed by atoms with E-state index in [2.05, 4.69) is 4.98 Å². The van der Waals surface area contributed by atoms with Crippen LogP contribution < -0.4 is 4.74 Å². The lowest BCUT2D eigenvalue weighted by molar-refractivity contribution is 0.154. The summed E-state index contributed by atoms with van der Waals surface area (Å²) in [6, 6.07) is 3.73. The Morgan fingerprint density at radius 3 is 2.00 bits per heavy atom. The number of ether oxygens (including phenoxy) is 1. The van der Waals surface area contributed by atoms with Crippen molar-refractivity contribution < 1.29 is 9.13 Å². The molecule has 0 saturated heterocycles. The van der Waals surface area contributed by atoms with Crippen molar-refractivity contribution in [2.75, 3.05) is 6.61 Å². The number of pyridine rings is 1. The summed E-state index contributed by atoms with van der Waals surface area (Å²) in [5, 5.41) is 0. The van der Waals surface area contributed by atoms with Gasteiger partial charge < -0.3 is 4.74 Å². The van der Waals surface area contributed by atoms with Crippen LogP contribution >= 0.6 is 0 Å². The van der Waals surface area contributed by atoms with Gasteiger partial charge in [0, 0.05) is 11.6 Å². The van der Waals surface area contributed by atoms with Gasteiger partial charge in [0.1, 0.15) is 0 Å². The second kappa shape index (κ2) is 8.27. The van der Waals surface area contributed by atoms with Crippen LogP contribution in [-0.2, 0) is 0 Å². The fourth-order valence-electron chi connectivity index (χ4n) is 5.53. The van der Waals surface area contributed by atoms with Crippen molar-refractivity contribution in [1.29, 1.82) is 0 Å². The maximum atomic E-state index is 14.1. The molecule has 3 saturated carbocycles. The molecule has 144 valence electrons. The molecule has 3 heteroatoms. The Morgan fingerprint density at radius 1 is 0.885 bits per heavy atom. The van der Waals surface area contributed by atoms with E-state index in [-0.39, 0.29) is 5.75 Å². The molecule has 0 amide bonds. The minimum absolute atomic E-state index is 0.285. The van der Waals surface area contributed by atoms with E-state index < -0.39 is 5.95 Å². The van der Waals surface area contributed by atoms with Gasteiger partial charge in [-0.2, -0.15) is 4.39 Å². The van der Waals surface area contributed by atoms with Gasteiger partial charge >= 0.3 is 0 Å². The second-order valence-corrected chi connectivity index (χ2v) is 9.03. The van der Waals surface area contributed by atoms with Crippen LogP contribution in [0.5, 0.6) is 5.75 Å². The van der Waals surface area contributed by atoms with Gasteiger partial charge in [0.15, 0.2) is 5.75 Å². The average molecular weight is 360 g/mol. The molecule has 0 bridgehead atoms. The molecule has 0 spiro atoms. The fraction of sp³-hybridized carbons (Fsp3) is 0.783. The second-order valence-electron chi connectivity index (χ2n) is 9.03. The Balaban J connectivity index is 1.25. The van der Waals surface area contributed by atoms with E-state index in [1.54, 1.807) is 6.07 Å². The molecule has 26 heavy (non-hydrogen) atoms. The Bertz CT molecular complexity index is 584. The molecule has 1 aromatic rings. The largest absolute Gasteiger partial charge is 0.489 e. The number of hydrogen-bond donors (Lipinski definition) is 0. The van der Waals surface area contributed by atoms with Gasteiger partial charge in [-0.1, -0.05) is 25.7 Å². The van der Waals surface area contributed by atoms with E-state index >= 15 is 0 Å². The minimum atomic E-state index is -0.444. The molecule has 1 aromatic heterocycles. The first-order chi connectivity index (χ1) is 12.7. The average Bonchev–Trinajstić information content (AvgIpc) is 3.48. The van der Waals surface area contributed by atoms with Gasteiger partial charge in [0.05, 0.1) is 6.61 Å². The lowest BCUT2D eigenvalue weighted by Crippen LogP contribution is -2.25. The molecule has 0 aromatic carbocycles. The Kier molecular flexibility index (Phi) is 5.81. The number of aromatic nitrogens is 1. The lowest BCUT2D eigenvalue weighted by Gasteiger charge is -2.38. The number of halogens is 1. The molecule has 1 heterocycles. The van der Waals surface area contributed by atoms with Crippen LogP contribution in [0.15, 0.2) is 12.1 Å². The van der Waals surface area contributed by atoms with Gasteiger partial charge in [-0.15, -0.1) is 0 Å². The van der Waals surface area contributed by atoms with Gasteiger partial charge in [0.25, 0.3) is 5.95 Å². The van der Waals surface area contributed by atoms with E-state index in [1.807, 2.05) is 13.0 Å². The minimum Gasteiger partial charge on any atom is -0.489 e. The van der Waals surface area contributed by atoms with Gasteiger partial charge in [-0.05, 0) is 87.7 Å². The summed E-state index contributed by atoms with van der Waals surface area (Å²) in [4.78, 5) is 4.20. The van der Waals surface area contributed by atoms with Gasteiger partial charge in [-0.25, -0.2) is 4.98 Å². The Hall–Kier alpha value is -1.12. The number of hydrogen-bond acceptors (Lipinski definition) is 2. The highest BCUT2D eigenvalue weighted by Crippen LogP contribution is 2.46. The molecule has 3 aliphatic rings. The predicted octanol–water partition coefficient (Wildman–Crippen LogP) is 6.50. The molecule has 0 radical (unpaired) electrons. The maximum Gasteiger partial charge on any atom is 0.255 e. The van der Waals surface area contributed by atoms with Gasteiger partial charge in [-0.3, -0.25) is 0 Å². The van der Waals surface area contributed by atoms with Crippen molar-refractivity contribution in [3.63, 3.8) is 0 Å². The third kappa shape index (κ3) is 4.40. The highest BCUT2D eigenvalue weighted by molar-refractivity contribution is 5.23. The third-order valence-electron chi connectivity index (χ3n) is 7.25. The highest BCUT2D eigenvalue weighted by Gasteiger charge is 2.33. The maximum absolute atomic E-state index is 14.1. The highest BCUT2D eigenvalue weighted by atomic mass is 19.1. The first kappa shape index (κ1) is 18.3. The molecule has 0 N–H and O–H groups in total. The van der Waals surface area contributed by atoms with Crippen molar-refractivity contribution in [3.8, 4) is 5.75 Å². The van der Waals surface area contributed by atoms with Crippen molar-refractivity contribution >= 4 is 0 Å². The zero-order valence-electron chi connectivity index (χ0n) is 16.3. The number of rotatable bonds is 6. The standard InChI is InChI=1S/C23H34FNO/c1-2-26-22-14-13-21(25-23(22)24)20-11-9-19(10-12-20)18-7-5-17(6-8-18)15-16-3-4-16/h13-14,16-20H,2-12,15H2,1H3. The monoisotopic (exact) mass is 359 g/mol. The molecule has 0 atom stereocenters. The lowest BCUT2D eigenvalue weighted by atomic mass is 9.68. The van der Waals surface area contributed by atoms with Crippen molar-refractivity contribution in [2.45, 2.75) is 83.5 Å². The van der Waals surface area contributed by atoms with E-state index in [4.69, 9.17) is 4.74 Å². The van der Waals surface area contributed by atoms with Crippen LogP contribution in [-0.4, -0.2) is 11.6 Å². The zero-order valence-corrected chi connectivity index (χ0v) is 16.3. The zero-order chi connectivity index (χ0) is 17.9. The fourth-order valence-corrected chi connectivity index (χ4v) is 5.53. The van der Waals surface area contributed by atoms with Crippen LogP contribution in [0, 0.1) is 29.6 Å². The van der Waals surface area contributed by atoms with Crippen molar-refractivity contribution in [3.05, 3.63) is 23.8 Å². The van der Waals surface area contributed by atoms with Crippen LogP contribution in [0.25, 0.3) is 0 Å². The van der Waals surface area contributed by atoms with Crippen LogP contribution in [0.3, 0.4) is 0 Å². The SMILES string of the molecule is CCOc1ccc(C2CCC(C3CCC(CC4CC4)CC3)CC2)nc1F. The quantitative estimate of drug-likeness (QED) is 0.541. The van der Waals surface area contributed by atoms with Crippen molar-refractivity contribution in [1.82, 2.24) is 4.98 Å². The molecular weight excluding hydrogens is 325 g/mol. The Morgan fingerprint density at radius 2 is 1.46 bits per heavy atom. The van der Waals surface area contributed by atoms with E-state index in [1.165, 1.54) is 70.6 Å². The molecule has 0 unspecified atom stereocenters. The summed E-state index contributed by atoms with van der Waals surface area (Å²) in [7, 11) is 0. The smallest absolute Gasteiger partial charge is 0.255 e. The van der Waals surface area contributed by atoms with E-state index in [0.29, 0.717) is 12.5 Å². The Labute approximate surface area is 157 Å². The summed E-state index contributed by atoms with van der Waals surface area (Å²) in [5.74, 6) is 4.26. The first-order valence-electron chi connectivity index (χ1n) is 11.0. The van der Waals surface area contributed by atoms with Crippen LogP contribution in [0.1, 0.15) is 89.2 Å². The summed E-state index contributed by atoms with van der Waals surface area (Å²) in [6.45, 7) is 2.35. The van der Waals surface area contributed by atoms with Gasteiger partial charge in [0.2, 0.25) is 0 Å². The van der Waals surface area contributed by atoms with Crippen molar-refractivity contribution in [2.24, 2.45) is 23.7 Å². The van der Waals surface area contributed by atoms with E-state index in [0.717, 1.165) is 29.4 Å². The van der Waals surface area contributed by atoms with Crippen LogP contribution in [0.2, 0.25) is 0 Å². The molecule has 3 fully saturated rings. The van der Waals surface area contributed by atoms with Crippen LogP contribution in [0.4, 0.5) is 4.39 Å². The first-order valence-corrected chi connectivity index (χ1v) is 11.0. The van der Waals surface area contributed by atoms with E-state index in [9.17, 15) is 4.39 Å². The number of nitrogens with zero attached hydrogens (tertiary/aromatic N) is 1. The molecule has 2 nitrogen and oxygen atoms in total. The summed E-state index contributed by atoms with van der Waals surface area (Å²) in [6.07, 6.45) is 15.4. The summed E-state index contributed by atoms with van der Waals surface area (Å²) >= 11 is 0. The molecule has 0 aliphatic heterocycles. The molecule has 3 aliphatic carbocycles. The molecular formula is C23H34FNO. The molecule has 4 rings (SSSR count). The third-order valence-corrected chi connectivity index (χ3v) is 7.25. The summed E-state index contributed by atoms with van der Waals surface area (Å²) < 4.78 is 19.3.